The van der Waals surface area contributed by atoms with E-state index in [4.69, 9.17) is 4.74 Å². The fourth-order valence-electron chi connectivity index (χ4n) is 3.66. The van der Waals surface area contributed by atoms with Gasteiger partial charge < -0.3 is 4.74 Å². The number of pyridine rings is 1. The monoisotopic (exact) mass is 458 g/mol. The van der Waals surface area contributed by atoms with Crippen LogP contribution >= 0.6 is 11.3 Å². The lowest BCUT2D eigenvalue weighted by molar-refractivity contribution is -0.119. The summed E-state index contributed by atoms with van der Waals surface area (Å²) < 4.78 is 6.15. The molecule has 2 aromatic heterocycles. The van der Waals surface area contributed by atoms with Crippen molar-refractivity contribution in [1.82, 2.24) is 14.9 Å². The zero-order valence-corrected chi connectivity index (χ0v) is 18.4. The van der Waals surface area contributed by atoms with Gasteiger partial charge in [-0.1, -0.05) is 29.5 Å². The number of fused-ring (bicyclic) bond motifs is 2. The Bertz CT molecular complexity index is 1350. The molecule has 8 nitrogen and oxygen atoms in total. The van der Waals surface area contributed by atoms with Gasteiger partial charge in [0.2, 0.25) is 5.91 Å². The summed E-state index contributed by atoms with van der Waals surface area (Å²) >= 11 is 1.34. The van der Waals surface area contributed by atoms with E-state index in [-0.39, 0.29) is 6.54 Å². The van der Waals surface area contributed by atoms with Crippen molar-refractivity contribution in [3.8, 4) is 5.75 Å². The number of thiazole rings is 1. The number of nitrogens with zero attached hydrogens (tertiary/aromatic N) is 4. The number of carbonyl (C=O) groups excluding carboxylic acids is 3. The molecule has 4 aromatic rings. The molecule has 2 aromatic carbocycles. The second kappa shape index (κ2) is 8.44. The molecule has 5 rings (SSSR count). The predicted octanol–water partition coefficient (Wildman–Crippen LogP) is 3.53. The van der Waals surface area contributed by atoms with Crippen LogP contribution < -0.4 is 9.64 Å². The summed E-state index contributed by atoms with van der Waals surface area (Å²) in [5.74, 6) is -0.722. The number of ether oxygens (including phenoxy) is 1. The number of anilines is 1. The van der Waals surface area contributed by atoms with Gasteiger partial charge in [-0.3, -0.25) is 29.2 Å². The average Bonchev–Trinajstić information content (AvgIpc) is 3.37. The fraction of sp³-hybridized carbons (Fsp3) is 0.125. The molecule has 0 fully saturated rings. The second-order valence-electron chi connectivity index (χ2n) is 7.37. The molecule has 0 saturated heterocycles. The first-order valence-corrected chi connectivity index (χ1v) is 11.0. The summed E-state index contributed by atoms with van der Waals surface area (Å²) in [5.41, 5.74) is 1.95. The third-order valence-corrected chi connectivity index (χ3v) is 6.39. The lowest BCUT2D eigenvalue weighted by Crippen LogP contribution is -2.42. The molecule has 3 heterocycles. The molecule has 0 bridgehead atoms. The van der Waals surface area contributed by atoms with Crippen molar-refractivity contribution in [3.63, 3.8) is 0 Å². The molecule has 9 heteroatoms. The van der Waals surface area contributed by atoms with Gasteiger partial charge in [-0.25, -0.2) is 4.98 Å². The SMILES string of the molecule is COc1ccc2sc(N(Cc3ccccn3)C(=O)CN3C(=O)c4ccccc4C3=O)nc2c1. The number of amides is 3. The van der Waals surface area contributed by atoms with Gasteiger partial charge in [0.25, 0.3) is 11.8 Å². The van der Waals surface area contributed by atoms with Crippen molar-refractivity contribution in [3.05, 3.63) is 83.7 Å². The smallest absolute Gasteiger partial charge is 0.262 e. The summed E-state index contributed by atoms with van der Waals surface area (Å²) in [6, 6.07) is 17.5. The van der Waals surface area contributed by atoms with E-state index in [2.05, 4.69) is 9.97 Å². The van der Waals surface area contributed by atoms with Crippen LogP contribution in [0.1, 0.15) is 26.4 Å². The van der Waals surface area contributed by atoms with Crippen LogP contribution in [0.15, 0.2) is 66.9 Å². The fourth-order valence-corrected chi connectivity index (χ4v) is 4.62. The number of hydrogen-bond donors (Lipinski definition) is 0. The first-order chi connectivity index (χ1) is 16.0. The normalized spacial score (nSPS) is 12.8. The number of carbonyl (C=O) groups is 3. The number of aromatic nitrogens is 2. The van der Waals surface area contributed by atoms with E-state index < -0.39 is 24.3 Å². The van der Waals surface area contributed by atoms with E-state index >= 15 is 0 Å². The van der Waals surface area contributed by atoms with Crippen molar-refractivity contribution >= 4 is 44.4 Å². The summed E-state index contributed by atoms with van der Waals surface area (Å²) in [6.45, 7) is -0.238. The maximum atomic E-state index is 13.4. The van der Waals surface area contributed by atoms with Gasteiger partial charge in [0, 0.05) is 12.3 Å². The molecule has 1 aliphatic rings. The lowest BCUT2D eigenvalue weighted by Gasteiger charge is -2.22. The van der Waals surface area contributed by atoms with Gasteiger partial charge >= 0.3 is 0 Å². The maximum absolute atomic E-state index is 13.4. The highest BCUT2D eigenvalue weighted by Crippen LogP contribution is 2.32. The molecule has 0 spiro atoms. The van der Waals surface area contributed by atoms with E-state index in [1.807, 2.05) is 18.2 Å². The van der Waals surface area contributed by atoms with Crippen LogP contribution in [0.3, 0.4) is 0 Å². The molecule has 0 unspecified atom stereocenters. The van der Waals surface area contributed by atoms with Crippen molar-refractivity contribution in [2.45, 2.75) is 6.54 Å². The molecule has 0 saturated carbocycles. The largest absolute Gasteiger partial charge is 0.497 e. The van der Waals surface area contributed by atoms with Crippen LogP contribution in [-0.2, 0) is 11.3 Å². The minimum absolute atomic E-state index is 0.153. The molecule has 1 aliphatic heterocycles. The minimum atomic E-state index is -0.476. The topological polar surface area (TPSA) is 92.7 Å². The van der Waals surface area contributed by atoms with Crippen molar-refractivity contribution in [2.75, 3.05) is 18.6 Å². The summed E-state index contributed by atoms with van der Waals surface area (Å²) in [5, 5.41) is 0.450. The number of methoxy groups -OCH3 is 1. The number of hydrogen-bond acceptors (Lipinski definition) is 7. The molecule has 33 heavy (non-hydrogen) atoms. The highest BCUT2D eigenvalue weighted by molar-refractivity contribution is 7.22. The van der Waals surface area contributed by atoms with Gasteiger partial charge in [0.1, 0.15) is 12.3 Å². The first-order valence-electron chi connectivity index (χ1n) is 10.2. The molecular formula is C24H18N4O4S. The quantitative estimate of drug-likeness (QED) is 0.411. The molecule has 0 aliphatic carbocycles. The highest BCUT2D eigenvalue weighted by atomic mass is 32.1. The van der Waals surface area contributed by atoms with Crippen molar-refractivity contribution in [2.24, 2.45) is 0 Å². The molecule has 164 valence electrons. The molecular weight excluding hydrogens is 440 g/mol. The van der Waals surface area contributed by atoms with E-state index in [1.54, 1.807) is 55.8 Å². The van der Waals surface area contributed by atoms with Crippen LogP contribution in [0.25, 0.3) is 10.2 Å². The van der Waals surface area contributed by atoms with Gasteiger partial charge in [0.05, 0.1) is 40.7 Å². The van der Waals surface area contributed by atoms with E-state index in [1.165, 1.54) is 16.2 Å². The van der Waals surface area contributed by atoms with Gasteiger partial charge in [-0.15, -0.1) is 0 Å². The minimum Gasteiger partial charge on any atom is -0.497 e. The molecule has 3 amide bonds. The Balaban J connectivity index is 1.48. The standard InChI is InChI=1S/C24H18N4O4S/c1-32-16-9-10-20-19(12-16)26-24(33-20)27(13-15-6-4-5-11-25-15)21(29)14-28-22(30)17-7-2-3-8-18(17)23(28)31/h2-12H,13-14H2,1H3. The molecule has 0 atom stereocenters. The highest BCUT2D eigenvalue weighted by Gasteiger charge is 2.37. The van der Waals surface area contributed by atoms with Crippen molar-refractivity contribution in [1.29, 1.82) is 0 Å². The molecule has 0 radical (unpaired) electrons. The Morgan fingerprint density at radius 1 is 1.03 bits per heavy atom. The predicted molar refractivity (Wildman–Crippen MR) is 123 cm³/mol. The van der Waals surface area contributed by atoms with Crippen LogP contribution in [-0.4, -0.2) is 46.2 Å². The zero-order chi connectivity index (χ0) is 22.9. The van der Waals surface area contributed by atoms with E-state index in [0.717, 1.165) is 9.60 Å². The second-order valence-corrected chi connectivity index (χ2v) is 8.38. The van der Waals surface area contributed by atoms with Crippen LogP contribution in [0.5, 0.6) is 5.75 Å². The zero-order valence-electron chi connectivity index (χ0n) is 17.6. The van der Waals surface area contributed by atoms with Gasteiger partial charge in [-0.2, -0.15) is 0 Å². The maximum Gasteiger partial charge on any atom is 0.262 e. The summed E-state index contributed by atoms with van der Waals surface area (Å²) in [6.07, 6.45) is 1.64. The summed E-state index contributed by atoms with van der Waals surface area (Å²) in [4.78, 5) is 50.4. The lowest BCUT2D eigenvalue weighted by atomic mass is 10.1. The van der Waals surface area contributed by atoms with Crippen LogP contribution in [0.2, 0.25) is 0 Å². The Morgan fingerprint density at radius 3 is 2.42 bits per heavy atom. The van der Waals surface area contributed by atoms with Gasteiger partial charge in [-0.05, 0) is 36.4 Å². The number of rotatable bonds is 6. The Hall–Kier alpha value is -4.11. The van der Waals surface area contributed by atoms with Crippen LogP contribution in [0, 0.1) is 0 Å². The first kappa shape index (κ1) is 20.8. The van der Waals surface area contributed by atoms with Crippen molar-refractivity contribution < 1.29 is 19.1 Å². The number of imide groups is 1. The Labute approximate surface area is 193 Å². The van der Waals surface area contributed by atoms with Crippen LogP contribution in [0.4, 0.5) is 5.13 Å². The summed E-state index contributed by atoms with van der Waals surface area (Å²) in [7, 11) is 1.58. The van der Waals surface area contributed by atoms with Gasteiger partial charge in [0.15, 0.2) is 5.13 Å². The number of benzene rings is 2. The van der Waals surface area contributed by atoms with E-state index in [9.17, 15) is 14.4 Å². The third kappa shape index (κ3) is 3.83. The average molecular weight is 458 g/mol. The Morgan fingerprint density at radius 2 is 1.76 bits per heavy atom. The van der Waals surface area contributed by atoms with E-state index in [0.29, 0.717) is 33.2 Å². The molecule has 0 N–H and O–H groups in total. The Kier molecular flexibility index (Phi) is 5.31. The third-order valence-electron chi connectivity index (χ3n) is 5.33.